The molecule has 0 amide bonds. The Morgan fingerprint density at radius 3 is 1.91 bits per heavy atom. The first-order valence-electron chi connectivity index (χ1n) is 8.82. The Hall–Kier alpha value is -1.31. The summed E-state index contributed by atoms with van der Waals surface area (Å²) in [4.78, 5) is 10.5. The van der Waals surface area contributed by atoms with Crippen LogP contribution in [0.5, 0.6) is 0 Å². The Morgan fingerprint density at radius 1 is 0.913 bits per heavy atom. The van der Waals surface area contributed by atoms with Gasteiger partial charge in [-0.05, 0) is 75.8 Å². The maximum Gasteiger partial charge on any atom is 0.293 e. The van der Waals surface area contributed by atoms with Crippen molar-refractivity contribution < 1.29 is 9.53 Å². The van der Waals surface area contributed by atoms with Crippen LogP contribution in [0, 0.1) is 12.3 Å². The molecule has 0 radical (unpaired) electrons. The van der Waals surface area contributed by atoms with Crippen molar-refractivity contribution in [3.63, 3.8) is 0 Å². The summed E-state index contributed by atoms with van der Waals surface area (Å²) in [6.45, 7) is 13.6. The zero-order valence-electron chi connectivity index (χ0n) is 15.9. The van der Waals surface area contributed by atoms with Crippen molar-refractivity contribution in [3.05, 3.63) is 34.9 Å². The Bertz CT molecular complexity index is 495. The maximum atomic E-state index is 10.5. The molecule has 0 saturated carbocycles. The molecule has 0 spiro atoms. The monoisotopic (exact) mass is 318 g/mol. The van der Waals surface area contributed by atoms with Gasteiger partial charge in [-0.3, -0.25) is 4.79 Å². The van der Waals surface area contributed by atoms with Crippen LogP contribution >= 0.6 is 0 Å². The molecule has 0 saturated heterocycles. The lowest BCUT2D eigenvalue weighted by Gasteiger charge is -2.22. The van der Waals surface area contributed by atoms with E-state index in [0.29, 0.717) is 11.9 Å². The molecule has 23 heavy (non-hydrogen) atoms. The highest BCUT2D eigenvalue weighted by Crippen LogP contribution is 2.23. The molecule has 0 aromatic heterocycles. The van der Waals surface area contributed by atoms with E-state index >= 15 is 0 Å². The topological polar surface area (TPSA) is 26.3 Å². The van der Waals surface area contributed by atoms with E-state index in [4.69, 9.17) is 4.74 Å². The third-order valence-corrected chi connectivity index (χ3v) is 4.20. The van der Waals surface area contributed by atoms with Gasteiger partial charge in [0.2, 0.25) is 0 Å². The molecule has 130 valence electrons. The van der Waals surface area contributed by atoms with Crippen LogP contribution in [-0.2, 0) is 22.4 Å². The highest BCUT2D eigenvalue weighted by Gasteiger charge is 2.18. The molecule has 0 aliphatic carbocycles. The minimum atomic E-state index is -0.360. The van der Waals surface area contributed by atoms with E-state index in [0.717, 1.165) is 25.7 Å². The molecule has 1 aromatic rings. The van der Waals surface area contributed by atoms with Crippen molar-refractivity contribution in [3.8, 4) is 0 Å². The summed E-state index contributed by atoms with van der Waals surface area (Å²) >= 11 is 0. The number of carbonyl (C=O) groups excluding carboxylic acids is 1. The van der Waals surface area contributed by atoms with Gasteiger partial charge in [-0.1, -0.05) is 44.5 Å². The van der Waals surface area contributed by atoms with Gasteiger partial charge in [-0.15, -0.1) is 0 Å². The first kappa shape index (κ1) is 19.7. The number of hydrogen-bond acceptors (Lipinski definition) is 2. The van der Waals surface area contributed by atoms with E-state index in [1.165, 1.54) is 29.5 Å². The summed E-state index contributed by atoms with van der Waals surface area (Å²) < 4.78 is 5.12. The largest absolute Gasteiger partial charge is 0.462 e. The standard InChI is InChI=1S/C21H34O2/c1-17-13-18(9-7-11-20(2,3)4)15-19(14-17)10-8-12-21(5,6)23-16-22/h13-16H,7-12H2,1-6H3. The number of carbonyl (C=O) groups is 1. The number of aryl methyl sites for hydroxylation is 3. The number of benzene rings is 1. The lowest BCUT2D eigenvalue weighted by atomic mass is 9.88. The number of hydrogen-bond donors (Lipinski definition) is 0. The zero-order chi connectivity index (χ0) is 17.5. The van der Waals surface area contributed by atoms with Crippen molar-refractivity contribution in [2.24, 2.45) is 5.41 Å². The molecule has 1 aromatic carbocycles. The summed E-state index contributed by atoms with van der Waals surface area (Å²) in [7, 11) is 0. The van der Waals surface area contributed by atoms with Crippen molar-refractivity contribution in [1.82, 2.24) is 0 Å². The average Bonchev–Trinajstić information content (AvgIpc) is 2.36. The summed E-state index contributed by atoms with van der Waals surface area (Å²) in [6.07, 6.45) is 6.62. The van der Waals surface area contributed by atoms with Gasteiger partial charge in [0.05, 0.1) is 0 Å². The Kier molecular flexibility index (Phi) is 7.31. The Labute approximate surface area is 142 Å². The lowest BCUT2D eigenvalue weighted by molar-refractivity contribution is -0.140. The molecule has 0 fully saturated rings. The van der Waals surface area contributed by atoms with Crippen LogP contribution in [0.2, 0.25) is 0 Å². The smallest absolute Gasteiger partial charge is 0.293 e. The molecule has 0 aliphatic heterocycles. The van der Waals surface area contributed by atoms with Gasteiger partial charge in [-0.2, -0.15) is 0 Å². The van der Waals surface area contributed by atoms with E-state index < -0.39 is 0 Å². The second kappa shape index (κ2) is 8.52. The van der Waals surface area contributed by atoms with Crippen molar-refractivity contribution in [2.45, 2.75) is 85.7 Å². The highest BCUT2D eigenvalue weighted by atomic mass is 16.5. The molecular formula is C21H34O2. The van der Waals surface area contributed by atoms with Crippen LogP contribution in [0.3, 0.4) is 0 Å². The van der Waals surface area contributed by atoms with Gasteiger partial charge in [0, 0.05) is 0 Å². The molecular weight excluding hydrogens is 284 g/mol. The van der Waals surface area contributed by atoms with E-state index in [9.17, 15) is 4.79 Å². The van der Waals surface area contributed by atoms with Crippen LogP contribution in [-0.4, -0.2) is 12.1 Å². The Morgan fingerprint density at radius 2 is 1.43 bits per heavy atom. The van der Waals surface area contributed by atoms with Crippen molar-refractivity contribution in [1.29, 1.82) is 0 Å². The van der Waals surface area contributed by atoms with Crippen LogP contribution < -0.4 is 0 Å². The number of rotatable bonds is 9. The van der Waals surface area contributed by atoms with Crippen molar-refractivity contribution in [2.75, 3.05) is 0 Å². The fraction of sp³-hybridized carbons (Fsp3) is 0.667. The molecule has 1 rings (SSSR count). The van der Waals surface area contributed by atoms with Gasteiger partial charge in [-0.25, -0.2) is 0 Å². The SMILES string of the molecule is Cc1cc(CCCC(C)(C)C)cc(CCCC(C)(C)OC=O)c1. The van der Waals surface area contributed by atoms with Gasteiger partial charge in [0.1, 0.15) is 5.60 Å². The molecule has 0 N–H and O–H groups in total. The summed E-state index contributed by atoms with van der Waals surface area (Å²) in [5, 5.41) is 0. The van der Waals surface area contributed by atoms with Gasteiger partial charge in [0.15, 0.2) is 0 Å². The minimum Gasteiger partial charge on any atom is -0.462 e. The molecule has 0 bridgehead atoms. The molecule has 0 atom stereocenters. The quantitative estimate of drug-likeness (QED) is 0.551. The molecule has 0 aliphatic rings. The van der Waals surface area contributed by atoms with E-state index in [-0.39, 0.29) is 5.60 Å². The molecule has 2 heteroatoms. The van der Waals surface area contributed by atoms with Crippen LogP contribution in [0.15, 0.2) is 18.2 Å². The minimum absolute atomic E-state index is 0.360. The predicted octanol–water partition coefficient (Wildman–Crippen LogP) is 5.64. The lowest BCUT2D eigenvalue weighted by Crippen LogP contribution is -2.23. The first-order valence-corrected chi connectivity index (χ1v) is 8.82. The second-order valence-corrected chi connectivity index (χ2v) is 8.57. The van der Waals surface area contributed by atoms with E-state index in [1.54, 1.807) is 0 Å². The molecule has 2 nitrogen and oxygen atoms in total. The summed E-state index contributed by atoms with van der Waals surface area (Å²) in [5.41, 5.74) is 4.25. The summed E-state index contributed by atoms with van der Waals surface area (Å²) in [5.74, 6) is 0. The average molecular weight is 319 g/mol. The van der Waals surface area contributed by atoms with E-state index in [1.807, 2.05) is 13.8 Å². The van der Waals surface area contributed by atoms with Crippen molar-refractivity contribution >= 4 is 6.47 Å². The molecule has 0 heterocycles. The van der Waals surface area contributed by atoms with Gasteiger partial charge < -0.3 is 4.74 Å². The third-order valence-electron chi connectivity index (χ3n) is 4.20. The second-order valence-electron chi connectivity index (χ2n) is 8.57. The van der Waals surface area contributed by atoms with Gasteiger partial charge in [0.25, 0.3) is 6.47 Å². The van der Waals surface area contributed by atoms with E-state index in [2.05, 4.69) is 45.9 Å². The summed E-state index contributed by atoms with van der Waals surface area (Å²) in [6, 6.07) is 6.94. The zero-order valence-corrected chi connectivity index (χ0v) is 15.9. The third kappa shape index (κ3) is 8.78. The first-order chi connectivity index (χ1) is 10.6. The van der Waals surface area contributed by atoms with Crippen LogP contribution in [0.25, 0.3) is 0 Å². The van der Waals surface area contributed by atoms with Crippen LogP contribution in [0.4, 0.5) is 0 Å². The van der Waals surface area contributed by atoms with Gasteiger partial charge >= 0.3 is 0 Å². The van der Waals surface area contributed by atoms with Crippen LogP contribution in [0.1, 0.15) is 77.0 Å². The predicted molar refractivity (Wildman–Crippen MR) is 97.7 cm³/mol. The highest BCUT2D eigenvalue weighted by molar-refractivity contribution is 5.38. The fourth-order valence-electron chi connectivity index (χ4n) is 2.97. The Balaban J connectivity index is 2.55. The molecule has 0 unspecified atom stereocenters. The fourth-order valence-corrected chi connectivity index (χ4v) is 2.97. The maximum absolute atomic E-state index is 10.5. The normalized spacial score (nSPS) is 12.3. The number of ether oxygens (including phenoxy) is 1.